The number of aryl methyl sites for hydroxylation is 1. The van der Waals surface area contributed by atoms with E-state index in [4.69, 9.17) is 11.6 Å². The number of anilines is 1. The highest BCUT2D eigenvalue weighted by Crippen LogP contribution is 2.17. The maximum absolute atomic E-state index is 12.0. The molecule has 0 radical (unpaired) electrons. The first kappa shape index (κ1) is 14.5. The minimum absolute atomic E-state index is 0.0291. The van der Waals surface area contributed by atoms with E-state index >= 15 is 0 Å². The monoisotopic (exact) mass is 293 g/mol. The molecule has 1 N–H and O–H groups in total. The Morgan fingerprint density at radius 3 is 2.85 bits per heavy atom. The number of hydrogen-bond acceptors (Lipinski definition) is 5. The molecular formula is C13H16ClN5O. The van der Waals surface area contributed by atoms with Crippen LogP contribution in [0, 0.1) is 6.92 Å². The van der Waals surface area contributed by atoms with Gasteiger partial charge in [0.05, 0.1) is 30.2 Å². The molecule has 6 nitrogen and oxygen atoms in total. The lowest BCUT2D eigenvalue weighted by atomic mass is 10.3. The molecule has 2 aromatic heterocycles. The standard InChI is InChI=1S/C13H16ClN5O/c1-8(2)19-13(20)12(14)11(7-17-19)16-6-10-4-5-15-9(3)18-10/h4-5,7-8,16H,6H2,1-3H3. The Hall–Kier alpha value is -1.95. The van der Waals surface area contributed by atoms with Gasteiger partial charge in [0.2, 0.25) is 0 Å². The molecule has 20 heavy (non-hydrogen) atoms. The van der Waals surface area contributed by atoms with Gasteiger partial charge in [-0.05, 0) is 26.8 Å². The zero-order chi connectivity index (χ0) is 14.7. The SMILES string of the molecule is Cc1nccc(CNc2cnn(C(C)C)c(=O)c2Cl)n1. The molecule has 0 aromatic carbocycles. The minimum atomic E-state index is -0.300. The van der Waals surface area contributed by atoms with Crippen LogP contribution in [0.2, 0.25) is 5.02 Å². The Morgan fingerprint density at radius 1 is 1.45 bits per heavy atom. The van der Waals surface area contributed by atoms with Crippen molar-refractivity contribution < 1.29 is 0 Å². The third-order valence-electron chi connectivity index (χ3n) is 2.73. The lowest BCUT2D eigenvalue weighted by Gasteiger charge is -2.12. The molecule has 2 rings (SSSR count). The third kappa shape index (κ3) is 3.14. The van der Waals surface area contributed by atoms with E-state index in [2.05, 4.69) is 20.4 Å². The minimum Gasteiger partial charge on any atom is -0.377 e. The van der Waals surface area contributed by atoms with E-state index in [1.807, 2.05) is 20.8 Å². The second-order valence-corrected chi connectivity index (χ2v) is 5.04. The van der Waals surface area contributed by atoms with Crippen LogP contribution in [-0.2, 0) is 6.54 Å². The predicted octanol–water partition coefficient (Wildman–Crippen LogP) is 2.19. The number of halogens is 1. The van der Waals surface area contributed by atoms with Crippen LogP contribution >= 0.6 is 11.6 Å². The molecule has 0 spiro atoms. The smallest absolute Gasteiger partial charge is 0.287 e. The fourth-order valence-corrected chi connectivity index (χ4v) is 1.93. The molecular weight excluding hydrogens is 278 g/mol. The number of rotatable bonds is 4. The van der Waals surface area contributed by atoms with Crippen LogP contribution in [-0.4, -0.2) is 19.7 Å². The summed E-state index contributed by atoms with van der Waals surface area (Å²) in [5, 5.41) is 7.30. The van der Waals surface area contributed by atoms with Gasteiger partial charge in [-0.15, -0.1) is 0 Å². The zero-order valence-electron chi connectivity index (χ0n) is 11.6. The molecule has 106 valence electrons. The summed E-state index contributed by atoms with van der Waals surface area (Å²) >= 11 is 6.07. The fraction of sp³-hybridized carbons (Fsp3) is 0.385. The Kier molecular flexibility index (Phi) is 4.34. The van der Waals surface area contributed by atoms with Crippen molar-refractivity contribution in [1.29, 1.82) is 0 Å². The van der Waals surface area contributed by atoms with Crippen molar-refractivity contribution in [3.8, 4) is 0 Å². The van der Waals surface area contributed by atoms with Gasteiger partial charge in [0.15, 0.2) is 0 Å². The van der Waals surface area contributed by atoms with E-state index in [1.54, 1.807) is 18.5 Å². The van der Waals surface area contributed by atoms with Crippen LogP contribution < -0.4 is 10.9 Å². The molecule has 0 aliphatic carbocycles. The van der Waals surface area contributed by atoms with Crippen molar-refractivity contribution in [1.82, 2.24) is 19.7 Å². The highest BCUT2D eigenvalue weighted by molar-refractivity contribution is 6.32. The highest BCUT2D eigenvalue weighted by Gasteiger charge is 2.11. The summed E-state index contributed by atoms with van der Waals surface area (Å²) in [6.07, 6.45) is 3.24. The topological polar surface area (TPSA) is 72.7 Å². The Labute approximate surface area is 121 Å². The summed E-state index contributed by atoms with van der Waals surface area (Å²) in [5.41, 5.74) is 1.02. The quantitative estimate of drug-likeness (QED) is 0.935. The van der Waals surface area contributed by atoms with Gasteiger partial charge in [-0.25, -0.2) is 14.6 Å². The van der Waals surface area contributed by atoms with Gasteiger partial charge in [-0.2, -0.15) is 5.10 Å². The summed E-state index contributed by atoms with van der Waals surface area (Å²) < 4.78 is 1.35. The molecule has 0 aliphatic rings. The summed E-state index contributed by atoms with van der Waals surface area (Å²) in [4.78, 5) is 20.3. The first-order valence-electron chi connectivity index (χ1n) is 6.28. The molecule has 0 amide bonds. The molecule has 0 saturated heterocycles. The van der Waals surface area contributed by atoms with Gasteiger partial charge >= 0.3 is 0 Å². The average molecular weight is 294 g/mol. The molecule has 0 aliphatic heterocycles. The van der Waals surface area contributed by atoms with Crippen LogP contribution in [0.1, 0.15) is 31.4 Å². The van der Waals surface area contributed by atoms with Crippen LogP contribution in [0.5, 0.6) is 0 Å². The third-order valence-corrected chi connectivity index (χ3v) is 3.09. The molecule has 2 heterocycles. The van der Waals surface area contributed by atoms with Crippen molar-refractivity contribution in [3.05, 3.63) is 45.4 Å². The lowest BCUT2D eigenvalue weighted by molar-refractivity contribution is 0.503. The fourth-order valence-electron chi connectivity index (χ4n) is 1.73. The van der Waals surface area contributed by atoms with Gasteiger partial charge in [-0.3, -0.25) is 4.79 Å². The molecule has 0 bridgehead atoms. The lowest BCUT2D eigenvalue weighted by Crippen LogP contribution is -2.25. The molecule has 0 saturated carbocycles. The Bertz CT molecular complexity index is 668. The van der Waals surface area contributed by atoms with Crippen molar-refractivity contribution in [2.24, 2.45) is 0 Å². The molecule has 0 unspecified atom stereocenters. The second kappa shape index (κ2) is 6.00. The van der Waals surface area contributed by atoms with E-state index in [0.717, 1.165) is 5.69 Å². The van der Waals surface area contributed by atoms with Crippen LogP contribution in [0.4, 0.5) is 5.69 Å². The molecule has 0 fully saturated rings. The summed E-state index contributed by atoms with van der Waals surface area (Å²) in [6.45, 7) is 6.03. The van der Waals surface area contributed by atoms with E-state index in [-0.39, 0.29) is 16.6 Å². The normalized spacial score (nSPS) is 10.8. The summed E-state index contributed by atoms with van der Waals surface area (Å²) in [7, 11) is 0. The summed E-state index contributed by atoms with van der Waals surface area (Å²) in [6, 6.07) is 1.77. The van der Waals surface area contributed by atoms with Gasteiger partial charge in [0, 0.05) is 6.20 Å². The van der Waals surface area contributed by atoms with Gasteiger partial charge in [-0.1, -0.05) is 11.6 Å². The highest BCUT2D eigenvalue weighted by atomic mass is 35.5. The second-order valence-electron chi connectivity index (χ2n) is 4.66. The van der Waals surface area contributed by atoms with E-state index in [0.29, 0.717) is 18.1 Å². The van der Waals surface area contributed by atoms with Crippen molar-refractivity contribution in [2.45, 2.75) is 33.4 Å². The largest absolute Gasteiger partial charge is 0.377 e. The van der Waals surface area contributed by atoms with E-state index in [1.165, 1.54) is 4.68 Å². The van der Waals surface area contributed by atoms with Gasteiger partial charge < -0.3 is 5.32 Å². The number of nitrogens with zero attached hydrogens (tertiary/aromatic N) is 4. The number of nitrogens with one attached hydrogen (secondary N) is 1. The Balaban J connectivity index is 2.19. The molecule has 0 atom stereocenters. The molecule has 2 aromatic rings. The van der Waals surface area contributed by atoms with Crippen LogP contribution in [0.3, 0.4) is 0 Å². The van der Waals surface area contributed by atoms with Crippen molar-refractivity contribution in [2.75, 3.05) is 5.32 Å². The number of aromatic nitrogens is 4. The number of hydrogen-bond donors (Lipinski definition) is 1. The predicted molar refractivity (Wildman–Crippen MR) is 78.0 cm³/mol. The van der Waals surface area contributed by atoms with E-state index in [9.17, 15) is 4.79 Å². The molecule has 7 heteroatoms. The maximum Gasteiger partial charge on any atom is 0.287 e. The average Bonchev–Trinajstić information content (AvgIpc) is 2.40. The first-order valence-corrected chi connectivity index (χ1v) is 6.66. The zero-order valence-corrected chi connectivity index (χ0v) is 12.3. The first-order chi connectivity index (χ1) is 9.49. The Morgan fingerprint density at radius 2 is 2.20 bits per heavy atom. The van der Waals surface area contributed by atoms with Gasteiger partial charge in [0.25, 0.3) is 5.56 Å². The van der Waals surface area contributed by atoms with Crippen molar-refractivity contribution >= 4 is 17.3 Å². The van der Waals surface area contributed by atoms with E-state index < -0.39 is 0 Å². The van der Waals surface area contributed by atoms with Gasteiger partial charge in [0.1, 0.15) is 10.8 Å². The summed E-state index contributed by atoms with van der Waals surface area (Å²) in [5.74, 6) is 0.698. The van der Waals surface area contributed by atoms with Crippen LogP contribution in [0.25, 0.3) is 0 Å². The van der Waals surface area contributed by atoms with Crippen molar-refractivity contribution in [3.63, 3.8) is 0 Å². The van der Waals surface area contributed by atoms with Crippen LogP contribution in [0.15, 0.2) is 23.3 Å². The maximum atomic E-state index is 12.0.